The van der Waals surface area contributed by atoms with E-state index in [2.05, 4.69) is 6.92 Å². The van der Waals surface area contributed by atoms with Crippen molar-refractivity contribution in [3.8, 4) is 0 Å². The average molecular weight is 245 g/mol. The van der Waals surface area contributed by atoms with Crippen molar-refractivity contribution in [1.82, 2.24) is 0 Å². The average Bonchev–Trinajstić information content (AvgIpc) is 2.17. The van der Waals surface area contributed by atoms with Crippen LogP contribution in [0.5, 0.6) is 0 Å². The Balaban J connectivity index is 2.69. The van der Waals surface area contributed by atoms with E-state index in [0.717, 1.165) is 23.5 Å². The Morgan fingerprint density at radius 3 is 2.80 bits per heavy atom. The molecule has 0 heterocycles. The second kappa shape index (κ2) is 6.03. The molecule has 1 rings (SSSR count). The monoisotopic (exact) mass is 244 g/mol. The van der Waals surface area contributed by atoms with Crippen molar-refractivity contribution in [3.63, 3.8) is 0 Å². The number of halogens is 1. The Morgan fingerprint density at radius 1 is 1.53 bits per heavy atom. The zero-order valence-corrected chi connectivity index (χ0v) is 10.1. The number of carboxylic acid groups (broad SMARTS) is 1. The number of rotatable bonds is 5. The molecule has 0 fully saturated rings. The second-order valence-corrected chi connectivity index (χ2v) is 4.72. The zero-order chi connectivity index (χ0) is 11.3. The molecule has 0 unspecified atom stereocenters. The predicted molar refractivity (Wildman–Crippen MR) is 64.0 cm³/mol. The minimum Gasteiger partial charge on any atom is -0.478 e. The lowest BCUT2D eigenvalue weighted by atomic mass is 10.2. The van der Waals surface area contributed by atoms with E-state index in [1.807, 2.05) is 0 Å². The van der Waals surface area contributed by atoms with Crippen molar-refractivity contribution in [1.29, 1.82) is 0 Å². The number of benzene rings is 1. The fourth-order valence-corrected chi connectivity index (χ4v) is 2.45. The van der Waals surface area contributed by atoms with Crippen LogP contribution >= 0.6 is 23.4 Å². The van der Waals surface area contributed by atoms with Crippen LogP contribution in [0.2, 0.25) is 5.02 Å². The second-order valence-electron chi connectivity index (χ2n) is 3.15. The van der Waals surface area contributed by atoms with Gasteiger partial charge in [-0.2, -0.15) is 0 Å². The Kier molecular flexibility index (Phi) is 4.99. The fourth-order valence-electron chi connectivity index (χ4n) is 1.09. The smallest absolute Gasteiger partial charge is 0.337 e. The van der Waals surface area contributed by atoms with Gasteiger partial charge in [0.05, 0.1) is 10.6 Å². The van der Waals surface area contributed by atoms with Gasteiger partial charge in [-0.1, -0.05) is 24.9 Å². The van der Waals surface area contributed by atoms with Gasteiger partial charge in [-0.15, -0.1) is 11.8 Å². The normalized spacial score (nSPS) is 10.3. The molecule has 1 aromatic rings. The molecule has 1 N–H and O–H groups in total. The molecule has 0 saturated heterocycles. The molecule has 2 nitrogen and oxygen atoms in total. The van der Waals surface area contributed by atoms with Gasteiger partial charge in [0.15, 0.2) is 0 Å². The van der Waals surface area contributed by atoms with Crippen molar-refractivity contribution in [2.45, 2.75) is 24.7 Å². The van der Waals surface area contributed by atoms with E-state index in [1.165, 1.54) is 0 Å². The maximum absolute atomic E-state index is 10.7. The highest BCUT2D eigenvalue weighted by Gasteiger charge is 2.08. The molecule has 0 atom stereocenters. The van der Waals surface area contributed by atoms with E-state index >= 15 is 0 Å². The summed E-state index contributed by atoms with van der Waals surface area (Å²) >= 11 is 7.55. The lowest BCUT2D eigenvalue weighted by Crippen LogP contribution is -1.96. The van der Waals surface area contributed by atoms with Gasteiger partial charge in [0.25, 0.3) is 0 Å². The Bertz CT molecular complexity index is 352. The van der Waals surface area contributed by atoms with Crippen molar-refractivity contribution in [2.75, 3.05) is 5.75 Å². The van der Waals surface area contributed by atoms with E-state index < -0.39 is 5.97 Å². The largest absolute Gasteiger partial charge is 0.478 e. The summed E-state index contributed by atoms with van der Waals surface area (Å²) < 4.78 is 0. The minimum atomic E-state index is -0.981. The first-order valence-corrected chi connectivity index (χ1v) is 6.17. The molecule has 0 aromatic heterocycles. The fraction of sp³-hybridized carbons (Fsp3) is 0.364. The first kappa shape index (κ1) is 12.4. The van der Waals surface area contributed by atoms with Gasteiger partial charge in [0.1, 0.15) is 0 Å². The first-order valence-electron chi connectivity index (χ1n) is 4.80. The molecular formula is C11H13ClO2S. The van der Waals surface area contributed by atoms with E-state index in [9.17, 15) is 4.79 Å². The van der Waals surface area contributed by atoms with Crippen molar-refractivity contribution in [3.05, 3.63) is 28.8 Å². The number of hydrogen-bond donors (Lipinski definition) is 1. The quantitative estimate of drug-likeness (QED) is 0.630. The SMILES string of the molecule is CCCCSc1ccc(C(=O)O)c(Cl)c1. The van der Waals surface area contributed by atoms with Crippen molar-refractivity contribution >= 4 is 29.3 Å². The van der Waals surface area contributed by atoms with Crippen molar-refractivity contribution < 1.29 is 9.90 Å². The molecule has 0 aliphatic heterocycles. The molecule has 1 aromatic carbocycles. The van der Waals surface area contributed by atoms with Crippen LogP contribution in [0.1, 0.15) is 30.1 Å². The summed E-state index contributed by atoms with van der Waals surface area (Å²) in [4.78, 5) is 11.7. The Hall–Kier alpha value is -0.670. The predicted octanol–water partition coefficient (Wildman–Crippen LogP) is 3.93. The molecule has 0 amide bonds. The Labute approximate surface area is 98.6 Å². The highest BCUT2D eigenvalue weighted by molar-refractivity contribution is 7.99. The van der Waals surface area contributed by atoms with Crippen LogP contribution in [0.3, 0.4) is 0 Å². The standard InChI is InChI=1S/C11H13ClO2S/c1-2-3-6-15-8-4-5-9(11(13)14)10(12)7-8/h4-5,7H,2-3,6H2,1H3,(H,13,14). The molecule has 4 heteroatoms. The maximum atomic E-state index is 10.7. The summed E-state index contributed by atoms with van der Waals surface area (Å²) in [6.07, 6.45) is 2.32. The van der Waals surface area contributed by atoms with Crippen LogP contribution in [0.4, 0.5) is 0 Å². The molecule has 15 heavy (non-hydrogen) atoms. The molecule has 0 bridgehead atoms. The van der Waals surface area contributed by atoms with Crippen molar-refractivity contribution in [2.24, 2.45) is 0 Å². The Morgan fingerprint density at radius 2 is 2.27 bits per heavy atom. The van der Waals surface area contributed by atoms with E-state index in [0.29, 0.717) is 5.02 Å². The van der Waals surface area contributed by atoms with Crippen LogP contribution in [-0.2, 0) is 0 Å². The van der Waals surface area contributed by atoms with E-state index in [1.54, 1.807) is 30.0 Å². The molecule has 0 radical (unpaired) electrons. The molecule has 0 aliphatic carbocycles. The van der Waals surface area contributed by atoms with Crippen LogP contribution in [0, 0.1) is 0 Å². The van der Waals surface area contributed by atoms with Gasteiger partial charge >= 0.3 is 5.97 Å². The summed E-state index contributed by atoms with van der Waals surface area (Å²) in [6.45, 7) is 2.14. The maximum Gasteiger partial charge on any atom is 0.337 e. The van der Waals surface area contributed by atoms with Crippen LogP contribution in [0.25, 0.3) is 0 Å². The number of carbonyl (C=O) groups is 1. The van der Waals surface area contributed by atoms with Gasteiger partial charge in [-0.25, -0.2) is 4.79 Å². The third-order valence-corrected chi connectivity index (χ3v) is 3.33. The van der Waals surface area contributed by atoms with E-state index in [4.69, 9.17) is 16.7 Å². The highest BCUT2D eigenvalue weighted by atomic mass is 35.5. The third kappa shape index (κ3) is 3.76. The van der Waals surface area contributed by atoms with Gasteiger partial charge in [-0.05, 0) is 30.4 Å². The lowest BCUT2D eigenvalue weighted by Gasteiger charge is -2.03. The summed E-state index contributed by atoms with van der Waals surface area (Å²) in [7, 11) is 0. The molecule has 0 aliphatic rings. The highest BCUT2D eigenvalue weighted by Crippen LogP contribution is 2.25. The van der Waals surface area contributed by atoms with Gasteiger partial charge in [0.2, 0.25) is 0 Å². The number of unbranched alkanes of at least 4 members (excludes halogenated alkanes) is 1. The molecule has 82 valence electrons. The van der Waals surface area contributed by atoms with Crippen LogP contribution in [0.15, 0.2) is 23.1 Å². The summed E-state index contributed by atoms with van der Waals surface area (Å²) in [5.41, 5.74) is 0.163. The van der Waals surface area contributed by atoms with Crippen LogP contribution in [-0.4, -0.2) is 16.8 Å². The van der Waals surface area contributed by atoms with E-state index in [-0.39, 0.29) is 5.56 Å². The number of aromatic carboxylic acids is 1. The molecular weight excluding hydrogens is 232 g/mol. The summed E-state index contributed by atoms with van der Waals surface area (Å²) in [6, 6.07) is 5.07. The number of carboxylic acids is 1. The first-order chi connectivity index (χ1) is 7.15. The van der Waals surface area contributed by atoms with Gasteiger partial charge in [-0.3, -0.25) is 0 Å². The number of thioether (sulfide) groups is 1. The lowest BCUT2D eigenvalue weighted by molar-refractivity contribution is 0.0697. The summed E-state index contributed by atoms with van der Waals surface area (Å²) in [5.74, 6) is 0.0595. The minimum absolute atomic E-state index is 0.163. The topological polar surface area (TPSA) is 37.3 Å². The van der Waals surface area contributed by atoms with Gasteiger partial charge in [0, 0.05) is 4.90 Å². The van der Waals surface area contributed by atoms with Gasteiger partial charge < -0.3 is 5.11 Å². The zero-order valence-electron chi connectivity index (χ0n) is 8.50. The third-order valence-electron chi connectivity index (χ3n) is 1.94. The summed E-state index contributed by atoms with van der Waals surface area (Å²) in [5, 5.41) is 9.09. The number of hydrogen-bond acceptors (Lipinski definition) is 2. The molecule has 0 spiro atoms. The van der Waals surface area contributed by atoms with Crippen LogP contribution < -0.4 is 0 Å². The molecule has 0 saturated carbocycles.